The second-order valence-corrected chi connectivity index (χ2v) is 8.99. The lowest BCUT2D eigenvalue weighted by molar-refractivity contribution is 0.0954. The summed E-state index contributed by atoms with van der Waals surface area (Å²) in [5.41, 5.74) is 3.29. The van der Waals surface area contributed by atoms with Gasteiger partial charge in [0.2, 0.25) is 0 Å². The van der Waals surface area contributed by atoms with Crippen molar-refractivity contribution in [3.05, 3.63) is 94.4 Å². The number of fused-ring (bicyclic) bond motifs is 3. The number of nitrogens with zero attached hydrogens (tertiary/aromatic N) is 2. The zero-order valence-electron chi connectivity index (χ0n) is 16.7. The van der Waals surface area contributed by atoms with Crippen molar-refractivity contribution in [2.24, 2.45) is 0 Å². The highest BCUT2D eigenvalue weighted by atomic mass is 31.1. The number of hydrogen-bond acceptors (Lipinski definition) is 4. The molecule has 1 amide bonds. The van der Waals surface area contributed by atoms with Crippen molar-refractivity contribution in [1.29, 1.82) is 0 Å². The molecule has 0 saturated carbocycles. The van der Waals surface area contributed by atoms with Crippen LogP contribution in [0.3, 0.4) is 0 Å². The molecule has 0 saturated heterocycles. The second-order valence-electron chi connectivity index (χ2n) is 7.50. The van der Waals surface area contributed by atoms with Gasteiger partial charge in [0.1, 0.15) is 0 Å². The highest BCUT2D eigenvalue weighted by molar-refractivity contribution is 7.49. The lowest BCUT2D eigenvalue weighted by atomic mass is 9.90. The number of aromatic nitrogens is 2. The van der Waals surface area contributed by atoms with E-state index in [1.807, 2.05) is 24.3 Å². The molecule has 3 aromatic rings. The van der Waals surface area contributed by atoms with E-state index >= 15 is 0 Å². The van der Waals surface area contributed by atoms with Gasteiger partial charge in [-0.3, -0.25) is 9.59 Å². The molecule has 1 aromatic heterocycles. The van der Waals surface area contributed by atoms with Gasteiger partial charge in [-0.2, -0.15) is 5.10 Å². The van der Waals surface area contributed by atoms with Gasteiger partial charge in [-0.05, 0) is 28.6 Å². The highest BCUT2D eigenvalue weighted by Gasteiger charge is 2.30. The standard InChI is InChI=1S/C24H20N3O3P/c1-25-24(30)22-23(29)19(28)13-27(26-22)18-8-4-2-6-15(18)14-10-11-21-17(12-14)16-7-3-5-9-20(16)31-21/h2-13,16,20,28,31H,1H3,(H,25,30). The lowest BCUT2D eigenvalue weighted by Gasteiger charge is -2.17. The van der Waals surface area contributed by atoms with Gasteiger partial charge < -0.3 is 10.4 Å². The third kappa shape index (κ3) is 3.29. The molecule has 0 spiro atoms. The SMILES string of the molecule is CNC(=O)c1nn(-c2ccccc2-c2ccc3c(c2)C2C=CC=CC2P3)cc(O)c1=O. The molecule has 1 aliphatic carbocycles. The highest BCUT2D eigenvalue weighted by Crippen LogP contribution is 2.45. The summed E-state index contributed by atoms with van der Waals surface area (Å²) < 4.78 is 1.39. The van der Waals surface area contributed by atoms with E-state index in [0.717, 1.165) is 19.7 Å². The number of hydrogen-bond donors (Lipinski definition) is 2. The molecule has 154 valence electrons. The molecule has 0 fully saturated rings. The second kappa shape index (κ2) is 7.64. The fourth-order valence-electron chi connectivity index (χ4n) is 4.14. The maximum absolute atomic E-state index is 12.2. The summed E-state index contributed by atoms with van der Waals surface area (Å²) in [6.45, 7) is 0. The summed E-state index contributed by atoms with van der Waals surface area (Å²) in [4.78, 5) is 24.2. The Labute approximate surface area is 180 Å². The van der Waals surface area contributed by atoms with Crippen LogP contribution in [0.5, 0.6) is 5.75 Å². The van der Waals surface area contributed by atoms with Crippen LogP contribution >= 0.6 is 8.58 Å². The Kier molecular flexibility index (Phi) is 4.79. The van der Waals surface area contributed by atoms with Crippen molar-refractivity contribution in [2.45, 2.75) is 11.6 Å². The summed E-state index contributed by atoms with van der Waals surface area (Å²) in [5.74, 6) is -0.783. The average molecular weight is 429 g/mol. The molecule has 2 heterocycles. The number of para-hydroxylation sites is 1. The first-order chi connectivity index (χ1) is 15.1. The van der Waals surface area contributed by atoms with E-state index in [2.05, 4.69) is 52.9 Å². The minimum atomic E-state index is -0.796. The summed E-state index contributed by atoms with van der Waals surface area (Å²) in [5, 5.41) is 18.1. The van der Waals surface area contributed by atoms with Crippen LogP contribution < -0.4 is 16.1 Å². The molecule has 2 N–H and O–H groups in total. The Bertz CT molecular complexity index is 1330. The molecule has 2 aromatic carbocycles. The van der Waals surface area contributed by atoms with E-state index in [9.17, 15) is 14.7 Å². The van der Waals surface area contributed by atoms with Crippen molar-refractivity contribution in [1.82, 2.24) is 15.1 Å². The largest absolute Gasteiger partial charge is 0.503 e. The van der Waals surface area contributed by atoms with E-state index in [0.29, 0.717) is 17.3 Å². The first kappa shape index (κ1) is 19.5. The van der Waals surface area contributed by atoms with E-state index in [1.165, 1.54) is 28.8 Å². The normalized spacial score (nSPS) is 19.3. The number of carbonyl (C=O) groups excluding carboxylic acids is 1. The van der Waals surface area contributed by atoms with Gasteiger partial charge in [-0.1, -0.05) is 63.2 Å². The monoisotopic (exact) mass is 429 g/mol. The van der Waals surface area contributed by atoms with Crippen molar-refractivity contribution in [2.75, 3.05) is 7.05 Å². The van der Waals surface area contributed by atoms with Crippen molar-refractivity contribution in [3.8, 4) is 22.6 Å². The third-order valence-corrected chi connectivity index (χ3v) is 7.32. The quantitative estimate of drug-likeness (QED) is 0.627. The number of benzene rings is 2. The molecule has 7 heteroatoms. The van der Waals surface area contributed by atoms with Crippen LogP contribution in [0.1, 0.15) is 22.0 Å². The molecule has 3 unspecified atom stereocenters. The van der Waals surface area contributed by atoms with Gasteiger partial charge in [-0.25, -0.2) is 4.68 Å². The third-order valence-electron chi connectivity index (χ3n) is 5.67. The average Bonchev–Trinajstić information content (AvgIpc) is 3.18. The molecular formula is C24H20N3O3P. The Morgan fingerprint density at radius 2 is 1.97 bits per heavy atom. The van der Waals surface area contributed by atoms with Crippen LogP contribution in [0.4, 0.5) is 0 Å². The van der Waals surface area contributed by atoms with Crippen molar-refractivity contribution in [3.63, 3.8) is 0 Å². The maximum atomic E-state index is 12.2. The Hall–Kier alpha value is -3.50. The molecule has 2 aliphatic rings. The van der Waals surface area contributed by atoms with E-state index in [4.69, 9.17) is 0 Å². The number of nitrogens with one attached hydrogen (secondary N) is 1. The van der Waals surface area contributed by atoms with E-state index in [1.54, 1.807) is 0 Å². The molecule has 3 atom stereocenters. The fraction of sp³-hybridized carbons (Fsp3) is 0.125. The van der Waals surface area contributed by atoms with Crippen LogP contribution in [-0.4, -0.2) is 33.5 Å². The van der Waals surface area contributed by atoms with Gasteiger partial charge in [0.25, 0.3) is 11.3 Å². The zero-order chi connectivity index (χ0) is 21.5. The van der Waals surface area contributed by atoms with E-state index < -0.39 is 17.1 Å². The van der Waals surface area contributed by atoms with Crippen LogP contribution in [0.25, 0.3) is 16.8 Å². The minimum absolute atomic E-state index is 0.352. The van der Waals surface area contributed by atoms with Gasteiger partial charge in [0.15, 0.2) is 11.4 Å². The summed E-state index contributed by atoms with van der Waals surface area (Å²) >= 11 is 0. The number of carbonyl (C=O) groups is 1. The van der Waals surface area contributed by atoms with Crippen LogP contribution in [0.2, 0.25) is 0 Å². The Morgan fingerprint density at radius 3 is 2.81 bits per heavy atom. The predicted molar refractivity (Wildman–Crippen MR) is 123 cm³/mol. The first-order valence-electron chi connectivity index (χ1n) is 9.97. The molecule has 5 rings (SSSR count). The maximum Gasteiger partial charge on any atom is 0.275 e. The summed E-state index contributed by atoms with van der Waals surface area (Å²) in [6, 6.07) is 14.1. The topological polar surface area (TPSA) is 84.2 Å². The number of rotatable bonds is 3. The van der Waals surface area contributed by atoms with Crippen LogP contribution in [0, 0.1) is 0 Å². The van der Waals surface area contributed by atoms with Crippen LogP contribution in [0.15, 0.2) is 77.8 Å². The summed E-state index contributed by atoms with van der Waals surface area (Å²) in [7, 11) is 2.17. The van der Waals surface area contributed by atoms with Gasteiger partial charge >= 0.3 is 0 Å². The zero-order valence-corrected chi connectivity index (χ0v) is 17.7. The molecule has 6 nitrogen and oxygen atoms in total. The lowest BCUT2D eigenvalue weighted by Crippen LogP contribution is -2.29. The summed E-state index contributed by atoms with van der Waals surface area (Å²) in [6.07, 6.45) is 10.0. The Morgan fingerprint density at radius 1 is 1.16 bits per heavy atom. The molecule has 0 bridgehead atoms. The van der Waals surface area contributed by atoms with Crippen molar-refractivity contribution >= 4 is 19.8 Å². The van der Waals surface area contributed by atoms with Gasteiger partial charge in [0, 0.05) is 24.2 Å². The van der Waals surface area contributed by atoms with E-state index in [-0.39, 0.29) is 5.69 Å². The minimum Gasteiger partial charge on any atom is -0.503 e. The van der Waals surface area contributed by atoms with Crippen LogP contribution in [-0.2, 0) is 0 Å². The Balaban J connectivity index is 1.64. The number of allylic oxidation sites excluding steroid dienone is 4. The van der Waals surface area contributed by atoms with Gasteiger partial charge in [-0.15, -0.1) is 0 Å². The first-order valence-corrected chi connectivity index (χ1v) is 11.0. The smallest absolute Gasteiger partial charge is 0.275 e. The molecule has 1 aliphatic heterocycles. The fourth-order valence-corrected chi connectivity index (χ4v) is 5.77. The predicted octanol–water partition coefficient (Wildman–Crippen LogP) is 2.86. The van der Waals surface area contributed by atoms with Crippen molar-refractivity contribution < 1.29 is 9.90 Å². The number of amides is 1. The number of aromatic hydroxyl groups is 1. The molecule has 0 radical (unpaired) electrons. The van der Waals surface area contributed by atoms with Gasteiger partial charge in [0.05, 0.1) is 11.9 Å². The molecule has 31 heavy (non-hydrogen) atoms. The molecular weight excluding hydrogens is 409 g/mol.